The van der Waals surface area contributed by atoms with Crippen LogP contribution < -0.4 is 5.32 Å². The molecule has 2 heterocycles. The van der Waals surface area contributed by atoms with Crippen LogP contribution in [0.25, 0.3) is 33.8 Å². The Bertz CT molecular complexity index is 1400. The molecule has 2 aromatic heterocycles. The number of rotatable bonds is 7. The number of carbonyl (C=O) groups excluding carboxylic acids is 1. The number of oxazole rings is 1. The highest BCUT2D eigenvalue weighted by Gasteiger charge is 2.17. The number of amides is 1. The van der Waals surface area contributed by atoms with E-state index in [1.54, 1.807) is 12.3 Å². The van der Waals surface area contributed by atoms with Gasteiger partial charge in [-0.2, -0.15) is 0 Å². The lowest BCUT2D eigenvalue weighted by Crippen LogP contribution is -2.26. The predicted octanol–water partition coefficient (Wildman–Crippen LogP) is 5.49. The minimum atomic E-state index is -0.141. The van der Waals surface area contributed by atoms with Crippen molar-refractivity contribution >= 4 is 16.9 Å². The van der Waals surface area contributed by atoms with E-state index in [9.17, 15) is 4.79 Å². The molecule has 33 heavy (non-hydrogen) atoms. The van der Waals surface area contributed by atoms with Crippen LogP contribution in [0.4, 0.5) is 0 Å². The average molecular weight is 437 g/mol. The highest BCUT2D eigenvalue weighted by Crippen LogP contribution is 2.28. The fraction of sp³-hybridized carbons (Fsp3) is 0.148. The number of aromatic nitrogens is 3. The summed E-state index contributed by atoms with van der Waals surface area (Å²) >= 11 is 0. The van der Waals surface area contributed by atoms with Gasteiger partial charge in [0, 0.05) is 24.2 Å². The fourth-order valence-corrected chi connectivity index (χ4v) is 4.01. The van der Waals surface area contributed by atoms with Crippen LogP contribution in [0.2, 0.25) is 0 Å². The maximum atomic E-state index is 13.0. The number of hydrogen-bond donors (Lipinski definition) is 1. The van der Waals surface area contributed by atoms with Crippen molar-refractivity contribution in [1.82, 2.24) is 19.9 Å². The van der Waals surface area contributed by atoms with Crippen molar-refractivity contribution in [3.8, 4) is 22.8 Å². The van der Waals surface area contributed by atoms with E-state index in [1.807, 2.05) is 73.7 Å². The van der Waals surface area contributed by atoms with E-state index >= 15 is 0 Å². The molecule has 0 aliphatic heterocycles. The number of para-hydroxylation sites is 2. The van der Waals surface area contributed by atoms with Crippen LogP contribution in [0.15, 0.2) is 89.5 Å². The zero-order chi connectivity index (χ0) is 22.6. The first-order valence-corrected chi connectivity index (χ1v) is 11.0. The van der Waals surface area contributed by atoms with Gasteiger partial charge < -0.3 is 14.3 Å². The molecule has 5 rings (SSSR count). The van der Waals surface area contributed by atoms with Gasteiger partial charge in [-0.25, -0.2) is 9.97 Å². The molecular formula is C27H24N4O2. The van der Waals surface area contributed by atoms with Crippen molar-refractivity contribution in [2.45, 2.75) is 19.9 Å². The predicted molar refractivity (Wildman–Crippen MR) is 129 cm³/mol. The first-order chi connectivity index (χ1) is 16.2. The number of fused-ring (bicyclic) bond motifs is 1. The molecule has 6 nitrogen and oxygen atoms in total. The minimum Gasteiger partial charge on any atom is -0.436 e. The summed E-state index contributed by atoms with van der Waals surface area (Å²) in [6, 6.07) is 25.3. The summed E-state index contributed by atoms with van der Waals surface area (Å²) in [4.78, 5) is 22.0. The van der Waals surface area contributed by atoms with Gasteiger partial charge in [-0.1, -0.05) is 54.6 Å². The van der Waals surface area contributed by atoms with E-state index < -0.39 is 0 Å². The van der Waals surface area contributed by atoms with Gasteiger partial charge in [0.25, 0.3) is 5.91 Å². The van der Waals surface area contributed by atoms with Crippen molar-refractivity contribution in [3.05, 3.63) is 96.4 Å². The van der Waals surface area contributed by atoms with Crippen LogP contribution in [0.5, 0.6) is 0 Å². The second-order valence-corrected chi connectivity index (χ2v) is 7.85. The summed E-state index contributed by atoms with van der Waals surface area (Å²) in [5, 5.41) is 3.04. The van der Waals surface area contributed by atoms with Gasteiger partial charge in [-0.05, 0) is 37.6 Å². The Kier molecular flexibility index (Phi) is 5.72. The molecule has 0 spiro atoms. The first-order valence-electron chi connectivity index (χ1n) is 11.0. The van der Waals surface area contributed by atoms with E-state index in [0.29, 0.717) is 29.3 Å². The number of aryl methyl sites for hydroxylation is 2. The number of nitrogens with one attached hydrogen (secondary N) is 1. The SMILES string of the molecule is Cc1nc2ccccc2n1CCCNC(=O)c1ccccc1-c1ncc(-c2ccccc2)o1. The summed E-state index contributed by atoms with van der Waals surface area (Å²) in [6.07, 6.45) is 2.49. The monoisotopic (exact) mass is 436 g/mol. The summed E-state index contributed by atoms with van der Waals surface area (Å²) in [5.41, 5.74) is 4.27. The molecule has 0 fully saturated rings. The van der Waals surface area contributed by atoms with E-state index in [2.05, 4.69) is 25.9 Å². The molecule has 1 amide bonds. The molecule has 3 aromatic carbocycles. The molecule has 0 atom stereocenters. The van der Waals surface area contributed by atoms with E-state index in [-0.39, 0.29) is 5.91 Å². The molecule has 1 N–H and O–H groups in total. The molecule has 0 aliphatic carbocycles. The van der Waals surface area contributed by atoms with Gasteiger partial charge in [-0.15, -0.1) is 0 Å². The highest BCUT2D eigenvalue weighted by atomic mass is 16.4. The molecule has 0 saturated heterocycles. The average Bonchev–Trinajstić information content (AvgIpc) is 3.47. The Morgan fingerprint density at radius 3 is 2.61 bits per heavy atom. The first kappa shape index (κ1) is 20.7. The Morgan fingerprint density at radius 1 is 0.970 bits per heavy atom. The quantitative estimate of drug-likeness (QED) is 0.343. The third kappa shape index (κ3) is 4.28. The fourth-order valence-electron chi connectivity index (χ4n) is 4.01. The summed E-state index contributed by atoms with van der Waals surface area (Å²) < 4.78 is 8.16. The van der Waals surface area contributed by atoms with Gasteiger partial charge >= 0.3 is 0 Å². The number of benzene rings is 3. The van der Waals surface area contributed by atoms with Gasteiger partial charge in [0.1, 0.15) is 5.82 Å². The molecule has 0 bridgehead atoms. The van der Waals surface area contributed by atoms with Crippen molar-refractivity contribution in [2.24, 2.45) is 0 Å². The lowest BCUT2D eigenvalue weighted by Gasteiger charge is -2.10. The molecule has 0 saturated carbocycles. The number of hydrogen-bond acceptors (Lipinski definition) is 4. The highest BCUT2D eigenvalue weighted by molar-refractivity contribution is 6.00. The van der Waals surface area contributed by atoms with Crippen LogP contribution in [-0.2, 0) is 6.54 Å². The number of nitrogens with zero attached hydrogens (tertiary/aromatic N) is 3. The second kappa shape index (κ2) is 9.12. The maximum absolute atomic E-state index is 13.0. The third-order valence-corrected chi connectivity index (χ3v) is 5.66. The van der Waals surface area contributed by atoms with Gasteiger partial charge in [0.15, 0.2) is 5.76 Å². The largest absolute Gasteiger partial charge is 0.436 e. The molecule has 0 radical (unpaired) electrons. The van der Waals surface area contributed by atoms with Gasteiger partial charge in [0.2, 0.25) is 5.89 Å². The van der Waals surface area contributed by atoms with Crippen molar-refractivity contribution in [3.63, 3.8) is 0 Å². The Balaban J connectivity index is 1.26. The van der Waals surface area contributed by atoms with E-state index in [1.165, 1.54) is 0 Å². The van der Waals surface area contributed by atoms with Crippen molar-refractivity contribution in [2.75, 3.05) is 6.54 Å². The zero-order valence-corrected chi connectivity index (χ0v) is 18.4. The van der Waals surface area contributed by atoms with Crippen LogP contribution in [-0.4, -0.2) is 27.0 Å². The normalized spacial score (nSPS) is 11.1. The van der Waals surface area contributed by atoms with Crippen LogP contribution in [0.3, 0.4) is 0 Å². The lowest BCUT2D eigenvalue weighted by atomic mass is 10.1. The molecule has 5 aromatic rings. The van der Waals surface area contributed by atoms with Crippen LogP contribution in [0.1, 0.15) is 22.6 Å². The topological polar surface area (TPSA) is 73.0 Å². The van der Waals surface area contributed by atoms with E-state index in [0.717, 1.165) is 35.4 Å². The van der Waals surface area contributed by atoms with E-state index in [4.69, 9.17) is 4.42 Å². The van der Waals surface area contributed by atoms with Crippen LogP contribution >= 0.6 is 0 Å². The number of imidazole rings is 1. The van der Waals surface area contributed by atoms with Gasteiger partial charge in [0.05, 0.1) is 22.8 Å². The zero-order valence-electron chi connectivity index (χ0n) is 18.4. The van der Waals surface area contributed by atoms with Crippen molar-refractivity contribution in [1.29, 1.82) is 0 Å². The van der Waals surface area contributed by atoms with Gasteiger partial charge in [-0.3, -0.25) is 4.79 Å². The molecule has 0 aliphatic rings. The second-order valence-electron chi connectivity index (χ2n) is 7.85. The molecular weight excluding hydrogens is 412 g/mol. The lowest BCUT2D eigenvalue weighted by molar-refractivity contribution is 0.0953. The smallest absolute Gasteiger partial charge is 0.252 e. The molecule has 0 unspecified atom stereocenters. The minimum absolute atomic E-state index is 0.141. The summed E-state index contributed by atoms with van der Waals surface area (Å²) in [5.74, 6) is 1.94. The molecule has 6 heteroatoms. The maximum Gasteiger partial charge on any atom is 0.252 e. The summed E-state index contributed by atoms with van der Waals surface area (Å²) in [6.45, 7) is 3.35. The molecule has 164 valence electrons. The number of carbonyl (C=O) groups is 1. The Hall–Kier alpha value is -4.19. The van der Waals surface area contributed by atoms with Crippen molar-refractivity contribution < 1.29 is 9.21 Å². The summed E-state index contributed by atoms with van der Waals surface area (Å²) in [7, 11) is 0. The van der Waals surface area contributed by atoms with Crippen LogP contribution in [0, 0.1) is 6.92 Å². The third-order valence-electron chi connectivity index (χ3n) is 5.66. The Labute approximate surface area is 191 Å². The standard InChI is InChI=1S/C27H24N4O2/c1-19-30-23-14-7-8-15-24(23)31(19)17-9-16-28-26(32)21-12-5-6-13-22(21)27-29-18-25(33-27)20-10-3-2-4-11-20/h2-8,10-15,18H,9,16-17H2,1H3,(H,28,32). The Morgan fingerprint density at radius 2 is 1.73 bits per heavy atom.